The van der Waals surface area contributed by atoms with E-state index in [1.54, 1.807) is 4.68 Å². The van der Waals surface area contributed by atoms with Crippen LogP contribution in [0.5, 0.6) is 5.75 Å². The molecule has 14 nitrogen and oxygen atoms in total. The van der Waals surface area contributed by atoms with E-state index in [9.17, 15) is 4.79 Å². The van der Waals surface area contributed by atoms with Gasteiger partial charge in [0.05, 0.1) is 36.9 Å². The lowest BCUT2D eigenvalue weighted by molar-refractivity contribution is 0.144. The van der Waals surface area contributed by atoms with Gasteiger partial charge >= 0.3 is 6.03 Å². The first-order valence-corrected chi connectivity index (χ1v) is 20.1. The normalized spacial score (nSPS) is 24.4. The molecular weight excluding hydrogens is 693 g/mol. The molecule has 0 unspecified atom stereocenters. The monoisotopic (exact) mass is 746 g/mol. The minimum absolute atomic E-state index is 0.155. The van der Waals surface area contributed by atoms with Crippen LogP contribution in [-0.2, 0) is 12.0 Å². The molecule has 4 aromatic heterocycles. The first-order valence-electron chi connectivity index (χ1n) is 20.1. The molecule has 7 heterocycles. The second kappa shape index (κ2) is 14.3. The van der Waals surface area contributed by atoms with E-state index in [4.69, 9.17) is 9.84 Å². The Morgan fingerprint density at radius 1 is 0.964 bits per heavy atom. The summed E-state index contributed by atoms with van der Waals surface area (Å²) in [6.07, 6.45) is 12.0. The van der Waals surface area contributed by atoms with Crippen molar-refractivity contribution in [3.63, 3.8) is 0 Å². The van der Waals surface area contributed by atoms with Crippen LogP contribution in [0.3, 0.4) is 0 Å². The number of nitrogens with one attached hydrogen (secondary N) is 2. The number of likely N-dealkylation sites (tertiary alicyclic amines) is 2. The molecule has 2 N–H and O–H groups in total. The van der Waals surface area contributed by atoms with Gasteiger partial charge in [0.15, 0.2) is 5.65 Å². The number of likely N-dealkylation sites (N-methyl/N-ethyl adjacent to an activating group) is 1. The van der Waals surface area contributed by atoms with E-state index in [1.807, 2.05) is 53.6 Å². The summed E-state index contributed by atoms with van der Waals surface area (Å²) >= 11 is 0. The van der Waals surface area contributed by atoms with Gasteiger partial charge in [0.1, 0.15) is 23.4 Å². The number of carbonyl (C=O) groups is 1. The number of aromatic nitrogens is 7. The predicted octanol–water partition coefficient (Wildman–Crippen LogP) is 5.95. The molecule has 0 radical (unpaired) electrons. The van der Waals surface area contributed by atoms with Crippen molar-refractivity contribution in [3.05, 3.63) is 77.9 Å². The van der Waals surface area contributed by atoms with E-state index >= 15 is 0 Å². The number of fused-ring (bicyclic) bond motifs is 4. The standard InChI is InChI=1S/C41H54N12O2/c1-27-10-8-9-17-51(27)40-46-45-37-16-13-31(26-52(37)40)55-35-15-14-34(32-11-6-7-12-33(32)35)43-39(54)44-38-21-36(41(2,3)4)47-53(38)30-22-42-50(25-30)19-18-49-24-28-20-29(49)23-48(28)5/h6-7,11-13,16,21-22,25-29,34-35H,8-10,14-15,17-20,23-24H2,1-5H3,(H2,43,44,54)/t27-,28-,29+,34-,35+/m0/s1. The zero-order chi connectivity index (χ0) is 37.8. The summed E-state index contributed by atoms with van der Waals surface area (Å²) in [6.45, 7) is 13.7. The first-order chi connectivity index (χ1) is 26.6. The highest BCUT2D eigenvalue weighted by molar-refractivity contribution is 5.89. The van der Waals surface area contributed by atoms with E-state index in [0.29, 0.717) is 23.9 Å². The summed E-state index contributed by atoms with van der Waals surface area (Å²) < 4.78 is 12.5. The van der Waals surface area contributed by atoms with Gasteiger partial charge < -0.3 is 19.9 Å². The molecule has 14 heteroatoms. The highest BCUT2D eigenvalue weighted by Gasteiger charge is 2.41. The lowest BCUT2D eigenvalue weighted by atomic mass is 9.85. The van der Waals surface area contributed by atoms with Gasteiger partial charge in [0.25, 0.3) is 0 Å². The molecule has 4 aliphatic rings. The van der Waals surface area contributed by atoms with Crippen molar-refractivity contribution in [2.24, 2.45) is 0 Å². The SMILES string of the molecule is C[C@H]1CCCCN1c1nnc2ccc(O[C@@H]3CC[C@H](NC(=O)Nc4cc(C(C)(C)C)nn4-c4cnn(CCN5C[C@@H]6C[C@@H]5CN6C)c4)c4ccccc43)cn12. The minimum Gasteiger partial charge on any atom is -0.484 e. The summed E-state index contributed by atoms with van der Waals surface area (Å²) in [7, 11) is 2.23. The van der Waals surface area contributed by atoms with Gasteiger partial charge in [-0.1, -0.05) is 45.0 Å². The quantitative estimate of drug-likeness (QED) is 0.188. The van der Waals surface area contributed by atoms with E-state index in [-0.39, 0.29) is 23.6 Å². The van der Waals surface area contributed by atoms with E-state index in [0.717, 1.165) is 98.3 Å². The van der Waals surface area contributed by atoms with Crippen molar-refractivity contribution in [1.29, 1.82) is 0 Å². The fourth-order valence-electron chi connectivity index (χ4n) is 9.09. The molecule has 5 atom stereocenters. The lowest BCUT2D eigenvalue weighted by Gasteiger charge is -2.33. The number of piperidine rings is 1. The minimum atomic E-state index is -0.278. The number of nitrogens with zero attached hydrogens (tertiary/aromatic N) is 10. The molecule has 0 saturated carbocycles. The maximum atomic E-state index is 13.8. The van der Waals surface area contributed by atoms with Gasteiger partial charge in [0, 0.05) is 55.8 Å². The number of urea groups is 1. The summed E-state index contributed by atoms with van der Waals surface area (Å²) in [5.74, 6) is 2.24. The third-order valence-corrected chi connectivity index (χ3v) is 12.3. The van der Waals surface area contributed by atoms with Crippen LogP contribution < -0.4 is 20.3 Å². The molecule has 2 bridgehead atoms. The van der Waals surface area contributed by atoms with Crippen LogP contribution in [0.15, 0.2) is 61.1 Å². The summed E-state index contributed by atoms with van der Waals surface area (Å²) in [5.41, 5.74) is 4.44. The number of anilines is 2. The Morgan fingerprint density at radius 2 is 1.82 bits per heavy atom. The summed E-state index contributed by atoms with van der Waals surface area (Å²) in [4.78, 5) is 21.2. The second-order valence-electron chi connectivity index (χ2n) is 17.1. The number of amides is 2. The van der Waals surface area contributed by atoms with Crippen LogP contribution in [0.25, 0.3) is 11.3 Å². The zero-order valence-corrected chi connectivity index (χ0v) is 32.7. The zero-order valence-electron chi connectivity index (χ0n) is 32.7. The van der Waals surface area contributed by atoms with E-state index < -0.39 is 0 Å². The second-order valence-corrected chi connectivity index (χ2v) is 17.1. The Balaban J connectivity index is 0.884. The Morgan fingerprint density at radius 3 is 2.60 bits per heavy atom. The number of pyridine rings is 1. The van der Waals surface area contributed by atoms with Gasteiger partial charge in [-0.2, -0.15) is 10.2 Å². The largest absolute Gasteiger partial charge is 0.484 e. The average Bonchev–Trinajstić information content (AvgIpc) is 4.01. The molecule has 3 saturated heterocycles. The number of ether oxygens (including phenoxy) is 1. The Bertz CT molecular complexity index is 2160. The molecule has 9 rings (SSSR count). The van der Waals surface area contributed by atoms with Crippen molar-refractivity contribution in [3.8, 4) is 11.4 Å². The molecule has 3 fully saturated rings. The highest BCUT2D eigenvalue weighted by atomic mass is 16.5. The maximum absolute atomic E-state index is 13.8. The van der Waals surface area contributed by atoms with Crippen LogP contribution in [0.4, 0.5) is 16.6 Å². The lowest BCUT2D eigenvalue weighted by Crippen LogP contribution is -2.45. The molecule has 1 aliphatic carbocycles. The fraction of sp³-hybridized carbons (Fsp3) is 0.537. The molecule has 1 aromatic carbocycles. The third-order valence-electron chi connectivity index (χ3n) is 12.3. The van der Waals surface area contributed by atoms with Crippen molar-refractivity contribution in [1.82, 2.24) is 49.3 Å². The summed E-state index contributed by atoms with van der Waals surface area (Å²) in [5, 5.41) is 25.0. The smallest absolute Gasteiger partial charge is 0.320 e. The molecule has 0 spiro atoms. The van der Waals surface area contributed by atoms with Gasteiger partial charge in [-0.3, -0.25) is 19.3 Å². The Labute approximate surface area is 322 Å². The van der Waals surface area contributed by atoms with Gasteiger partial charge in [0.2, 0.25) is 5.95 Å². The number of carbonyl (C=O) groups excluding carboxylic acids is 1. The van der Waals surface area contributed by atoms with Gasteiger partial charge in [-0.25, -0.2) is 9.48 Å². The molecular formula is C41H54N12O2. The third kappa shape index (κ3) is 7.06. The van der Waals surface area contributed by atoms with Gasteiger partial charge in [-0.05, 0) is 75.8 Å². The molecule has 55 heavy (non-hydrogen) atoms. The summed E-state index contributed by atoms with van der Waals surface area (Å²) in [6, 6.07) is 15.5. The van der Waals surface area contributed by atoms with Crippen molar-refractivity contribution in [2.75, 3.05) is 43.4 Å². The van der Waals surface area contributed by atoms with Crippen molar-refractivity contribution in [2.45, 2.75) is 108 Å². The Kier molecular flexibility index (Phi) is 9.28. The van der Waals surface area contributed by atoms with Crippen LogP contribution >= 0.6 is 0 Å². The van der Waals surface area contributed by atoms with E-state index in [2.05, 4.69) is 91.9 Å². The number of hydrogen-bond acceptors (Lipinski definition) is 9. The number of rotatable bonds is 9. The topological polar surface area (TPSA) is 126 Å². The van der Waals surface area contributed by atoms with Crippen molar-refractivity contribution < 1.29 is 9.53 Å². The van der Waals surface area contributed by atoms with Crippen LogP contribution in [0, 0.1) is 0 Å². The Hall–Kier alpha value is -4.95. The van der Waals surface area contributed by atoms with Gasteiger partial charge in [-0.15, -0.1) is 10.2 Å². The molecule has 290 valence electrons. The van der Waals surface area contributed by atoms with Crippen LogP contribution in [0.1, 0.15) is 95.2 Å². The first kappa shape index (κ1) is 35.7. The molecule has 5 aromatic rings. The number of hydrogen-bond donors (Lipinski definition) is 2. The highest BCUT2D eigenvalue weighted by Crippen LogP contribution is 2.39. The number of benzene rings is 1. The predicted molar refractivity (Wildman–Crippen MR) is 212 cm³/mol. The van der Waals surface area contributed by atoms with Crippen LogP contribution in [0.2, 0.25) is 0 Å². The fourth-order valence-corrected chi connectivity index (χ4v) is 9.09. The van der Waals surface area contributed by atoms with Crippen molar-refractivity contribution >= 4 is 23.4 Å². The maximum Gasteiger partial charge on any atom is 0.320 e. The number of piperazine rings is 1. The van der Waals surface area contributed by atoms with E-state index in [1.165, 1.54) is 12.8 Å². The van der Waals surface area contributed by atoms with Crippen LogP contribution in [-0.4, -0.2) is 101 Å². The average molecular weight is 747 g/mol. The molecule has 2 amide bonds. The molecule has 3 aliphatic heterocycles.